The maximum absolute atomic E-state index is 12.5. The van der Waals surface area contributed by atoms with Gasteiger partial charge in [-0.2, -0.15) is 0 Å². The zero-order chi connectivity index (χ0) is 16.8. The molecule has 0 amide bonds. The van der Waals surface area contributed by atoms with E-state index < -0.39 is 0 Å². The zero-order valence-corrected chi connectivity index (χ0v) is 14.3. The number of hydrogen-bond acceptors (Lipinski definition) is 3. The van der Waals surface area contributed by atoms with Gasteiger partial charge in [0.2, 0.25) is 0 Å². The Morgan fingerprint density at radius 3 is 2.21 bits per heavy atom. The van der Waals surface area contributed by atoms with Crippen molar-refractivity contribution in [2.75, 3.05) is 19.7 Å². The van der Waals surface area contributed by atoms with Crippen LogP contribution in [0.15, 0.2) is 54.6 Å². The average molecular weight is 323 g/mol. The van der Waals surface area contributed by atoms with E-state index in [9.17, 15) is 4.79 Å². The fraction of sp³-hybridized carbons (Fsp3) is 0.381. The molecule has 2 aromatic carbocycles. The molecule has 1 aliphatic rings. The summed E-state index contributed by atoms with van der Waals surface area (Å²) in [6, 6.07) is 18.3. The fourth-order valence-electron chi connectivity index (χ4n) is 3.38. The Labute approximate surface area is 144 Å². The van der Waals surface area contributed by atoms with Gasteiger partial charge < -0.3 is 4.74 Å². The van der Waals surface area contributed by atoms with E-state index in [1.807, 2.05) is 25.1 Å². The first kappa shape index (κ1) is 16.7. The van der Waals surface area contributed by atoms with Crippen LogP contribution in [0, 0.1) is 0 Å². The number of carbonyl (C=O) groups is 1. The van der Waals surface area contributed by atoms with E-state index >= 15 is 0 Å². The maximum Gasteiger partial charge on any atom is 0.327 e. The Morgan fingerprint density at radius 1 is 0.958 bits per heavy atom. The molecule has 3 rings (SSSR count). The molecular weight excluding hydrogens is 298 g/mol. The zero-order valence-electron chi connectivity index (χ0n) is 14.3. The molecule has 0 spiro atoms. The molecule has 1 saturated heterocycles. The summed E-state index contributed by atoms with van der Waals surface area (Å²) in [7, 11) is 0. The minimum Gasteiger partial charge on any atom is -0.465 e. The predicted molar refractivity (Wildman–Crippen MR) is 96.7 cm³/mol. The molecule has 24 heavy (non-hydrogen) atoms. The summed E-state index contributed by atoms with van der Waals surface area (Å²) < 4.78 is 5.35. The summed E-state index contributed by atoms with van der Waals surface area (Å²) in [4.78, 5) is 14.8. The Morgan fingerprint density at radius 2 is 1.58 bits per heavy atom. The number of likely N-dealkylation sites (tertiary alicyclic amines) is 1. The predicted octanol–water partition coefficient (Wildman–Crippen LogP) is 4.44. The number of ether oxygens (including phenoxy) is 1. The van der Waals surface area contributed by atoms with Crippen LogP contribution in [0.4, 0.5) is 0 Å². The Hall–Kier alpha value is -2.13. The van der Waals surface area contributed by atoms with Crippen molar-refractivity contribution in [2.45, 2.75) is 32.2 Å². The number of hydrogen-bond donors (Lipinski definition) is 0. The molecule has 126 valence electrons. The van der Waals surface area contributed by atoms with Crippen molar-refractivity contribution >= 4 is 5.97 Å². The van der Waals surface area contributed by atoms with Gasteiger partial charge in [-0.1, -0.05) is 61.0 Å². The topological polar surface area (TPSA) is 29.5 Å². The summed E-state index contributed by atoms with van der Waals surface area (Å²) in [5.41, 5.74) is 3.38. The van der Waals surface area contributed by atoms with Crippen molar-refractivity contribution in [3.8, 4) is 11.1 Å². The average Bonchev–Trinajstić information content (AvgIpc) is 2.64. The molecule has 1 unspecified atom stereocenters. The van der Waals surface area contributed by atoms with E-state index in [0.717, 1.165) is 31.5 Å². The molecule has 0 aromatic heterocycles. The third kappa shape index (κ3) is 3.85. The number of carbonyl (C=O) groups excluding carboxylic acids is 1. The van der Waals surface area contributed by atoms with Crippen molar-refractivity contribution in [3.63, 3.8) is 0 Å². The van der Waals surface area contributed by atoms with E-state index in [2.05, 4.69) is 41.3 Å². The first-order valence-electron chi connectivity index (χ1n) is 8.85. The van der Waals surface area contributed by atoms with Gasteiger partial charge in [0.1, 0.15) is 6.04 Å². The quantitative estimate of drug-likeness (QED) is 0.762. The molecule has 2 aromatic rings. The van der Waals surface area contributed by atoms with Crippen molar-refractivity contribution in [3.05, 3.63) is 60.2 Å². The normalized spacial score (nSPS) is 16.5. The lowest BCUT2D eigenvalue weighted by Gasteiger charge is -2.33. The molecule has 0 bridgehead atoms. The highest BCUT2D eigenvalue weighted by atomic mass is 16.5. The molecule has 3 heteroatoms. The van der Waals surface area contributed by atoms with Gasteiger partial charge in [-0.05, 0) is 49.5 Å². The van der Waals surface area contributed by atoms with Crippen LogP contribution < -0.4 is 0 Å². The summed E-state index contributed by atoms with van der Waals surface area (Å²) in [6.07, 6.45) is 3.55. The largest absolute Gasteiger partial charge is 0.465 e. The number of rotatable bonds is 5. The molecule has 1 fully saturated rings. The van der Waals surface area contributed by atoms with Gasteiger partial charge in [0.25, 0.3) is 0 Å². The van der Waals surface area contributed by atoms with Gasteiger partial charge in [-0.3, -0.25) is 4.90 Å². The Balaban J connectivity index is 1.85. The first-order chi connectivity index (χ1) is 11.8. The van der Waals surface area contributed by atoms with E-state index in [-0.39, 0.29) is 12.0 Å². The third-order valence-corrected chi connectivity index (χ3v) is 4.60. The monoisotopic (exact) mass is 323 g/mol. The minimum absolute atomic E-state index is 0.133. The highest BCUT2D eigenvalue weighted by Crippen LogP contribution is 2.28. The van der Waals surface area contributed by atoms with Crippen LogP contribution in [0.1, 0.15) is 37.8 Å². The highest BCUT2D eigenvalue weighted by Gasteiger charge is 2.29. The second-order valence-corrected chi connectivity index (χ2v) is 6.24. The summed E-state index contributed by atoms with van der Waals surface area (Å²) in [5.74, 6) is -0.133. The molecule has 0 radical (unpaired) electrons. The van der Waals surface area contributed by atoms with Crippen LogP contribution in [0.5, 0.6) is 0 Å². The smallest absolute Gasteiger partial charge is 0.327 e. The van der Waals surface area contributed by atoms with Gasteiger partial charge in [0.15, 0.2) is 0 Å². The standard InChI is InChI=1S/C21H25NO2/c1-2-24-21(23)20(22-15-7-4-8-16-22)19-13-11-18(12-14-19)17-9-5-3-6-10-17/h3,5-6,9-14,20H,2,4,7-8,15-16H2,1H3. The summed E-state index contributed by atoms with van der Waals surface area (Å²) in [5, 5.41) is 0. The second kappa shape index (κ2) is 8.11. The van der Waals surface area contributed by atoms with Gasteiger partial charge in [-0.15, -0.1) is 0 Å². The SMILES string of the molecule is CCOC(=O)C(c1ccc(-c2ccccc2)cc1)N1CCCCC1. The molecule has 1 atom stereocenters. The first-order valence-corrected chi connectivity index (χ1v) is 8.85. The third-order valence-electron chi connectivity index (χ3n) is 4.60. The molecule has 1 aliphatic heterocycles. The molecular formula is C21H25NO2. The van der Waals surface area contributed by atoms with Crippen LogP contribution in [0.25, 0.3) is 11.1 Å². The van der Waals surface area contributed by atoms with Crippen molar-refractivity contribution in [1.29, 1.82) is 0 Å². The fourth-order valence-corrected chi connectivity index (χ4v) is 3.38. The van der Waals surface area contributed by atoms with Crippen LogP contribution in [0.3, 0.4) is 0 Å². The van der Waals surface area contributed by atoms with Gasteiger partial charge >= 0.3 is 5.97 Å². The Kier molecular flexibility index (Phi) is 5.65. The summed E-state index contributed by atoms with van der Waals surface area (Å²) in [6.45, 7) is 4.21. The van der Waals surface area contributed by atoms with Gasteiger partial charge in [-0.25, -0.2) is 4.79 Å². The highest BCUT2D eigenvalue weighted by molar-refractivity contribution is 5.78. The number of esters is 1. The second-order valence-electron chi connectivity index (χ2n) is 6.24. The number of piperidine rings is 1. The maximum atomic E-state index is 12.5. The molecule has 0 N–H and O–H groups in total. The Bertz CT molecular complexity index is 645. The molecule has 0 saturated carbocycles. The molecule has 0 aliphatic carbocycles. The van der Waals surface area contributed by atoms with Gasteiger partial charge in [0.05, 0.1) is 6.61 Å². The van der Waals surface area contributed by atoms with E-state index in [1.165, 1.54) is 17.5 Å². The number of benzene rings is 2. The van der Waals surface area contributed by atoms with Crippen molar-refractivity contribution < 1.29 is 9.53 Å². The van der Waals surface area contributed by atoms with Crippen LogP contribution >= 0.6 is 0 Å². The van der Waals surface area contributed by atoms with Crippen molar-refractivity contribution in [1.82, 2.24) is 4.90 Å². The molecule has 3 nitrogen and oxygen atoms in total. The van der Waals surface area contributed by atoms with Crippen LogP contribution in [-0.4, -0.2) is 30.6 Å². The van der Waals surface area contributed by atoms with Crippen LogP contribution in [-0.2, 0) is 9.53 Å². The van der Waals surface area contributed by atoms with E-state index in [0.29, 0.717) is 6.61 Å². The lowest BCUT2D eigenvalue weighted by Crippen LogP contribution is -2.38. The van der Waals surface area contributed by atoms with Crippen LogP contribution in [0.2, 0.25) is 0 Å². The summed E-state index contributed by atoms with van der Waals surface area (Å²) >= 11 is 0. The van der Waals surface area contributed by atoms with E-state index in [1.54, 1.807) is 0 Å². The van der Waals surface area contributed by atoms with Gasteiger partial charge in [0, 0.05) is 0 Å². The lowest BCUT2D eigenvalue weighted by molar-refractivity contribution is -0.150. The lowest BCUT2D eigenvalue weighted by atomic mass is 9.98. The van der Waals surface area contributed by atoms with E-state index in [4.69, 9.17) is 4.74 Å². The van der Waals surface area contributed by atoms with Crippen molar-refractivity contribution in [2.24, 2.45) is 0 Å². The molecule has 1 heterocycles. The minimum atomic E-state index is -0.282. The number of nitrogens with zero attached hydrogens (tertiary/aromatic N) is 1.